The summed E-state index contributed by atoms with van der Waals surface area (Å²) in [5, 5.41) is 28.2. The van der Waals surface area contributed by atoms with Gasteiger partial charge in [0.05, 0.1) is 11.3 Å². The lowest BCUT2D eigenvalue weighted by atomic mass is 10.1. The molecule has 0 unspecified atom stereocenters. The van der Waals surface area contributed by atoms with E-state index in [0.29, 0.717) is 0 Å². The number of allylic oxidation sites excluding steroid dienone is 1. The molecule has 0 radical (unpaired) electrons. The Morgan fingerprint density at radius 3 is 2.43 bits per heavy atom. The third-order valence-corrected chi connectivity index (χ3v) is 2.08. The molecule has 0 aromatic heterocycles. The fourth-order valence-corrected chi connectivity index (χ4v) is 1.30. The van der Waals surface area contributed by atoms with E-state index in [9.17, 15) is 18.0 Å². The normalized spacial score (nSPS) is 9.95. The summed E-state index contributed by atoms with van der Waals surface area (Å²) in [4.78, 5) is 11.0. The molecule has 2 N–H and O–H groups in total. The first-order valence-electron chi connectivity index (χ1n) is 5.17. The molecular formula is C12H6F3N3O3. The number of halogens is 3. The number of nitrogens with zero attached hydrogens (tertiary/aromatic N) is 2. The van der Waals surface area contributed by atoms with Crippen LogP contribution in [0.5, 0.6) is 5.75 Å². The summed E-state index contributed by atoms with van der Waals surface area (Å²) in [5.41, 5.74) is -1.48. The number of hydrogen-bond donors (Lipinski definition) is 2. The van der Waals surface area contributed by atoms with Crippen molar-refractivity contribution in [3.63, 3.8) is 0 Å². The second-order valence-corrected chi connectivity index (χ2v) is 3.46. The molecule has 0 aliphatic rings. The molecule has 1 aromatic rings. The van der Waals surface area contributed by atoms with Gasteiger partial charge >= 0.3 is 12.3 Å². The zero-order valence-corrected chi connectivity index (χ0v) is 10.1. The van der Waals surface area contributed by atoms with E-state index >= 15 is 0 Å². The van der Waals surface area contributed by atoms with Gasteiger partial charge in [0, 0.05) is 6.20 Å². The summed E-state index contributed by atoms with van der Waals surface area (Å²) in [5.74, 6) is -2.30. The van der Waals surface area contributed by atoms with Gasteiger partial charge in [0.2, 0.25) is 0 Å². The SMILES string of the molecule is N#CC(C#N)=CNc1c(OC(F)(F)F)cccc1C(=O)O. The first kappa shape index (κ1) is 15.9. The maximum Gasteiger partial charge on any atom is 0.573 e. The predicted molar refractivity (Wildman–Crippen MR) is 63.0 cm³/mol. The van der Waals surface area contributed by atoms with Gasteiger partial charge in [-0.1, -0.05) is 6.07 Å². The van der Waals surface area contributed by atoms with E-state index < -0.39 is 34.9 Å². The van der Waals surface area contributed by atoms with Gasteiger partial charge in [-0.15, -0.1) is 13.2 Å². The van der Waals surface area contributed by atoms with Crippen LogP contribution in [0.1, 0.15) is 10.4 Å². The summed E-state index contributed by atoms with van der Waals surface area (Å²) in [6.45, 7) is 0. The number of hydrogen-bond acceptors (Lipinski definition) is 5. The molecule has 1 aromatic carbocycles. The molecule has 0 fully saturated rings. The minimum Gasteiger partial charge on any atom is -0.478 e. The molecule has 0 spiro atoms. The first-order chi connectivity index (χ1) is 9.78. The summed E-state index contributed by atoms with van der Waals surface area (Å²) in [7, 11) is 0. The van der Waals surface area contributed by atoms with Crippen LogP contribution in [-0.2, 0) is 0 Å². The molecule has 0 heterocycles. The van der Waals surface area contributed by atoms with Crippen LogP contribution in [-0.4, -0.2) is 17.4 Å². The third-order valence-electron chi connectivity index (χ3n) is 2.08. The molecule has 0 aliphatic heterocycles. The molecule has 21 heavy (non-hydrogen) atoms. The Balaban J connectivity index is 3.31. The second-order valence-electron chi connectivity index (χ2n) is 3.46. The molecule has 0 aliphatic carbocycles. The molecule has 0 bridgehead atoms. The zero-order chi connectivity index (χ0) is 16.0. The van der Waals surface area contributed by atoms with E-state index in [1.54, 1.807) is 0 Å². The van der Waals surface area contributed by atoms with E-state index in [4.69, 9.17) is 15.6 Å². The van der Waals surface area contributed by atoms with Gasteiger partial charge in [0.25, 0.3) is 0 Å². The molecule has 0 saturated heterocycles. The minimum atomic E-state index is -5.02. The fraction of sp³-hybridized carbons (Fsp3) is 0.0833. The highest BCUT2D eigenvalue weighted by Gasteiger charge is 2.33. The molecule has 0 amide bonds. The standard InChI is InChI=1S/C12H6F3N3O3/c13-12(14,15)21-9-3-1-2-8(11(19)20)10(9)18-6-7(4-16)5-17/h1-3,6,18H,(H,19,20). The third kappa shape index (κ3) is 4.44. The fourth-order valence-electron chi connectivity index (χ4n) is 1.30. The average molecular weight is 297 g/mol. The van der Waals surface area contributed by atoms with Crippen molar-refractivity contribution in [1.82, 2.24) is 0 Å². The van der Waals surface area contributed by atoms with Crippen molar-refractivity contribution >= 4 is 11.7 Å². The number of para-hydroxylation sites is 1. The van der Waals surface area contributed by atoms with Crippen LogP contribution in [0, 0.1) is 22.7 Å². The lowest BCUT2D eigenvalue weighted by molar-refractivity contribution is -0.274. The molecule has 108 valence electrons. The number of carboxylic acid groups (broad SMARTS) is 1. The Bertz CT molecular complexity index is 653. The molecule has 9 heteroatoms. The Labute approximate surface area is 116 Å². The number of alkyl halides is 3. The van der Waals surface area contributed by atoms with Crippen molar-refractivity contribution in [2.45, 2.75) is 6.36 Å². The van der Waals surface area contributed by atoms with Crippen molar-refractivity contribution in [2.24, 2.45) is 0 Å². The molecule has 0 atom stereocenters. The first-order valence-corrected chi connectivity index (χ1v) is 5.17. The molecule has 0 saturated carbocycles. The van der Waals surface area contributed by atoms with Crippen molar-refractivity contribution < 1.29 is 27.8 Å². The quantitative estimate of drug-likeness (QED) is 0.827. The number of carbonyl (C=O) groups is 1. The van der Waals surface area contributed by atoms with Crippen LogP contribution in [0.3, 0.4) is 0 Å². The number of nitriles is 2. The monoisotopic (exact) mass is 297 g/mol. The van der Waals surface area contributed by atoms with E-state index in [2.05, 4.69) is 10.1 Å². The number of aromatic carboxylic acids is 1. The van der Waals surface area contributed by atoms with Gasteiger partial charge in [-0.3, -0.25) is 0 Å². The topological polar surface area (TPSA) is 106 Å². The lowest BCUT2D eigenvalue weighted by Crippen LogP contribution is -2.18. The Hall–Kier alpha value is -3.20. The van der Waals surface area contributed by atoms with E-state index in [-0.39, 0.29) is 0 Å². The van der Waals surface area contributed by atoms with Gasteiger partial charge in [0.1, 0.15) is 17.7 Å². The summed E-state index contributed by atoms with van der Waals surface area (Å²) in [6.07, 6.45) is -4.24. The average Bonchev–Trinajstić information content (AvgIpc) is 2.39. The number of anilines is 1. The van der Waals surface area contributed by atoms with Crippen LogP contribution < -0.4 is 10.1 Å². The largest absolute Gasteiger partial charge is 0.573 e. The van der Waals surface area contributed by atoms with Gasteiger partial charge in [-0.2, -0.15) is 10.5 Å². The number of carboxylic acids is 1. The van der Waals surface area contributed by atoms with Crippen LogP contribution in [0.4, 0.5) is 18.9 Å². The van der Waals surface area contributed by atoms with Gasteiger partial charge in [-0.05, 0) is 12.1 Å². The van der Waals surface area contributed by atoms with E-state index in [1.165, 1.54) is 12.1 Å². The van der Waals surface area contributed by atoms with Crippen LogP contribution in [0.2, 0.25) is 0 Å². The second kappa shape index (κ2) is 6.30. The minimum absolute atomic E-state index is 0.451. The maximum atomic E-state index is 12.3. The molecule has 6 nitrogen and oxygen atoms in total. The highest BCUT2D eigenvalue weighted by Crippen LogP contribution is 2.33. The number of nitrogens with one attached hydrogen (secondary N) is 1. The van der Waals surface area contributed by atoms with E-state index in [1.807, 2.05) is 0 Å². The number of rotatable bonds is 4. The number of benzene rings is 1. The highest BCUT2D eigenvalue weighted by molar-refractivity contribution is 5.96. The maximum absolute atomic E-state index is 12.3. The van der Waals surface area contributed by atoms with Crippen molar-refractivity contribution in [3.8, 4) is 17.9 Å². The lowest BCUT2D eigenvalue weighted by Gasteiger charge is -2.14. The highest BCUT2D eigenvalue weighted by atomic mass is 19.4. The summed E-state index contributed by atoms with van der Waals surface area (Å²) in [6, 6.07) is 5.93. The van der Waals surface area contributed by atoms with Crippen LogP contribution in [0.15, 0.2) is 30.0 Å². The predicted octanol–water partition coefficient (Wildman–Crippen LogP) is 2.63. The van der Waals surface area contributed by atoms with Crippen molar-refractivity contribution in [1.29, 1.82) is 10.5 Å². The van der Waals surface area contributed by atoms with Crippen molar-refractivity contribution in [3.05, 3.63) is 35.5 Å². The smallest absolute Gasteiger partial charge is 0.478 e. The molecule has 1 rings (SSSR count). The van der Waals surface area contributed by atoms with Gasteiger partial charge in [0.15, 0.2) is 5.75 Å². The Morgan fingerprint density at radius 1 is 1.33 bits per heavy atom. The van der Waals surface area contributed by atoms with Crippen LogP contribution in [0.25, 0.3) is 0 Å². The van der Waals surface area contributed by atoms with Gasteiger partial charge in [-0.25, -0.2) is 4.79 Å². The molecular weight excluding hydrogens is 291 g/mol. The zero-order valence-electron chi connectivity index (χ0n) is 10.1. The van der Waals surface area contributed by atoms with E-state index in [0.717, 1.165) is 24.4 Å². The summed E-state index contributed by atoms with van der Waals surface area (Å²) >= 11 is 0. The summed E-state index contributed by atoms with van der Waals surface area (Å²) < 4.78 is 40.5. The number of ether oxygens (including phenoxy) is 1. The Kier molecular flexibility index (Phi) is 4.76. The van der Waals surface area contributed by atoms with Crippen molar-refractivity contribution in [2.75, 3.05) is 5.32 Å². The van der Waals surface area contributed by atoms with Gasteiger partial charge < -0.3 is 15.2 Å². The van der Waals surface area contributed by atoms with Crippen LogP contribution >= 0.6 is 0 Å². The Morgan fingerprint density at radius 2 is 1.95 bits per heavy atom.